The van der Waals surface area contributed by atoms with Gasteiger partial charge < -0.3 is 15.5 Å². The summed E-state index contributed by atoms with van der Waals surface area (Å²) in [5, 5.41) is 31.0. The van der Waals surface area contributed by atoms with Crippen molar-refractivity contribution >= 4 is 11.5 Å². The predicted octanol–water partition coefficient (Wildman–Crippen LogP) is 4.01. The zero-order valence-electron chi connectivity index (χ0n) is 15.3. The van der Waals surface area contributed by atoms with Gasteiger partial charge in [-0.25, -0.2) is 0 Å². The predicted molar refractivity (Wildman–Crippen MR) is 96.7 cm³/mol. The molecule has 0 aliphatic carbocycles. The van der Waals surface area contributed by atoms with Crippen molar-refractivity contribution in [2.75, 3.05) is 5.32 Å². The summed E-state index contributed by atoms with van der Waals surface area (Å²) in [5.74, 6) is 0.944. The van der Waals surface area contributed by atoms with E-state index in [0.717, 1.165) is 16.8 Å². The van der Waals surface area contributed by atoms with E-state index in [1.54, 1.807) is 12.1 Å². The van der Waals surface area contributed by atoms with Gasteiger partial charge in [0.2, 0.25) is 0 Å². The molecule has 1 aromatic heterocycles. The molecule has 0 fully saturated rings. The number of aliphatic hydroxyl groups is 1. The Balaban J connectivity index is 2.49. The Morgan fingerprint density at radius 3 is 1.83 bits per heavy atom. The molecule has 0 aliphatic heterocycles. The molecule has 0 saturated heterocycles. The maximum atomic E-state index is 10.7. The third-order valence-corrected chi connectivity index (χ3v) is 3.88. The molecule has 0 atom stereocenters. The van der Waals surface area contributed by atoms with E-state index in [0.29, 0.717) is 17.3 Å². The van der Waals surface area contributed by atoms with Crippen LogP contribution in [0, 0.1) is 0 Å². The molecule has 0 spiro atoms. The number of rotatable bonds is 3. The van der Waals surface area contributed by atoms with Gasteiger partial charge in [0.1, 0.15) is 5.75 Å². The lowest BCUT2D eigenvalue weighted by atomic mass is 9.79. The molecule has 2 rings (SSSR count). The quantitative estimate of drug-likeness (QED) is 0.742. The molecule has 130 valence electrons. The largest absolute Gasteiger partial charge is 0.507 e. The van der Waals surface area contributed by atoms with Crippen LogP contribution in [-0.2, 0) is 17.4 Å². The molecule has 0 radical (unpaired) electrons. The van der Waals surface area contributed by atoms with Gasteiger partial charge in [-0.1, -0.05) is 41.5 Å². The van der Waals surface area contributed by atoms with Crippen LogP contribution in [0.5, 0.6) is 5.75 Å². The fraction of sp³-hybridized carbons (Fsp3) is 0.474. The van der Waals surface area contributed by atoms with Crippen LogP contribution in [0.1, 0.15) is 58.4 Å². The molecule has 1 aromatic carbocycles. The lowest BCUT2D eigenvalue weighted by molar-refractivity contribution is 0.275. The van der Waals surface area contributed by atoms with Crippen molar-refractivity contribution in [1.29, 1.82) is 0 Å². The summed E-state index contributed by atoms with van der Waals surface area (Å²) in [4.78, 5) is 0. The number of hydrogen-bond acceptors (Lipinski definition) is 5. The highest BCUT2D eigenvalue weighted by Gasteiger charge is 2.26. The highest BCUT2D eigenvalue weighted by atomic mass is 16.3. The minimum atomic E-state index is -0.186. The number of nitrogens with one attached hydrogen (secondary N) is 1. The van der Waals surface area contributed by atoms with Gasteiger partial charge in [-0.2, -0.15) is 5.10 Å². The zero-order chi connectivity index (χ0) is 18.1. The van der Waals surface area contributed by atoms with Gasteiger partial charge in [-0.15, -0.1) is 5.10 Å². The number of aromatic nitrogens is 2. The summed E-state index contributed by atoms with van der Waals surface area (Å²) in [6.45, 7) is 12.3. The van der Waals surface area contributed by atoms with Crippen molar-refractivity contribution in [1.82, 2.24) is 10.2 Å². The standard InChI is InChI=1S/C19H27N3O2/c1-18(2,3)14-9-13(10-15(17(14)24)19(4,5)6)20-16-8-7-12(11-23)21-22-16/h7-10,23-24H,11H2,1-6H3,(H,20,22). The first-order valence-corrected chi connectivity index (χ1v) is 8.11. The zero-order valence-corrected chi connectivity index (χ0v) is 15.3. The monoisotopic (exact) mass is 329 g/mol. The van der Waals surface area contributed by atoms with Crippen molar-refractivity contribution in [2.45, 2.75) is 59.0 Å². The summed E-state index contributed by atoms with van der Waals surface area (Å²) >= 11 is 0. The van der Waals surface area contributed by atoms with E-state index < -0.39 is 0 Å². The molecule has 1 heterocycles. The van der Waals surface area contributed by atoms with Crippen molar-refractivity contribution in [3.05, 3.63) is 41.1 Å². The van der Waals surface area contributed by atoms with Crippen LogP contribution >= 0.6 is 0 Å². The number of nitrogens with zero attached hydrogens (tertiary/aromatic N) is 2. The van der Waals surface area contributed by atoms with E-state index >= 15 is 0 Å². The van der Waals surface area contributed by atoms with E-state index in [9.17, 15) is 5.11 Å². The third kappa shape index (κ3) is 4.03. The number of anilines is 2. The smallest absolute Gasteiger partial charge is 0.153 e. The molecule has 3 N–H and O–H groups in total. The summed E-state index contributed by atoms with van der Waals surface area (Å²) in [6.07, 6.45) is 0. The van der Waals surface area contributed by atoms with E-state index in [-0.39, 0.29) is 17.4 Å². The second kappa shape index (κ2) is 6.40. The first-order valence-electron chi connectivity index (χ1n) is 8.11. The van der Waals surface area contributed by atoms with Crippen molar-refractivity contribution in [3.8, 4) is 5.75 Å². The Hall–Kier alpha value is -2.14. The Kier molecular flexibility index (Phi) is 4.85. The number of aliphatic hydroxyl groups excluding tert-OH is 1. The number of benzene rings is 1. The van der Waals surface area contributed by atoms with Crippen molar-refractivity contribution < 1.29 is 10.2 Å². The van der Waals surface area contributed by atoms with Gasteiger partial charge >= 0.3 is 0 Å². The minimum Gasteiger partial charge on any atom is -0.507 e. The van der Waals surface area contributed by atoms with Gasteiger partial charge in [0.05, 0.1) is 12.3 Å². The molecule has 0 bridgehead atoms. The van der Waals surface area contributed by atoms with Gasteiger partial charge in [-0.05, 0) is 35.1 Å². The summed E-state index contributed by atoms with van der Waals surface area (Å²) in [7, 11) is 0. The van der Waals surface area contributed by atoms with Gasteiger partial charge in [0.25, 0.3) is 0 Å². The normalized spacial score (nSPS) is 12.3. The molecule has 5 nitrogen and oxygen atoms in total. The third-order valence-electron chi connectivity index (χ3n) is 3.88. The Labute approximate surface area is 143 Å². The van der Waals surface area contributed by atoms with Gasteiger partial charge in [0.15, 0.2) is 5.82 Å². The van der Waals surface area contributed by atoms with Crippen LogP contribution in [0.4, 0.5) is 11.5 Å². The van der Waals surface area contributed by atoms with E-state index in [1.165, 1.54) is 0 Å². The highest BCUT2D eigenvalue weighted by molar-refractivity contribution is 5.63. The number of phenolic OH excluding ortho intramolecular Hbond substituents is 1. The summed E-state index contributed by atoms with van der Waals surface area (Å²) < 4.78 is 0. The summed E-state index contributed by atoms with van der Waals surface area (Å²) in [6, 6.07) is 7.41. The first kappa shape index (κ1) is 18.2. The minimum absolute atomic E-state index is 0.130. The molecule has 2 aromatic rings. The fourth-order valence-corrected chi connectivity index (χ4v) is 2.51. The Bertz CT molecular complexity index is 676. The van der Waals surface area contributed by atoms with Crippen molar-refractivity contribution in [2.24, 2.45) is 0 Å². The molecule has 0 saturated carbocycles. The van der Waals surface area contributed by atoms with E-state index in [2.05, 4.69) is 57.1 Å². The Morgan fingerprint density at radius 2 is 1.46 bits per heavy atom. The molecular weight excluding hydrogens is 302 g/mol. The van der Waals surface area contributed by atoms with Crippen LogP contribution in [-0.4, -0.2) is 20.4 Å². The SMILES string of the molecule is CC(C)(C)c1cc(Nc2ccc(CO)nn2)cc(C(C)(C)C)c1O. The van der Waals surface area contributed by atoms with Crippen molar-refractivity contribution in [3.63, 3.8) is 0 Å². The average molecular weight is 329 g/mol. The maximum Gasteiger partial charge on any atom is 0.153 e. The van der Waals surface area contributed by atoms with Crippen LogP contribution < -0.4 is 5.32 Å². The molecule has 0 aliphatic rings. The molecule has 0 unspecified atom stereocenters. The van der Waals surface area contributed by atoms with Gasteiger partial charge in [0, 0.05) is 16.8 Å². The molecule has 0 amide bonds. The van der Waals surface area contributed by atoms with E-state index in [1.807, 2.05) is 12.1 Å². The van der Waals surface area contributed by atoms with Crippen LogP contribution in [0.15, 0.2) is 24.3 Å². The second-order valence-electron chi connectivity index (χ2n) is 8.11. The number of phenols is 1. The van der Waals surface area contributed by atoms with Crippen LogP contribution in [0.2, 0.25) is 0 Å². The first-order chi connectivity index (χ1) is 11.0. The Morgan fingerprint density at radius 1 is 0.917 bits per heavy atom. The number of hydrogen-bond donors (Lipinski definition) is 3. The van der Waals surface area contributed by atoms with Gasteiger partial charge in [-0.3, -0.25) is 0 Å². The highest BCUT2D eigenvalue weighted by Crippen LogP contribution is 2.41. The lowest BCUT2D eigenvalue weighted by Crippen LogP contribution is -2.17. The molecule has 24 heavy (non-hydrogen) atoms. The van der Waals surface area contributed by atoms with E-state index in [4.69, 9.17) is 5.11 Å². The van der Waals surface area contributed by atoms with Crippen LogP contribution in [0.25, 0.3) is 0 Å². The number of aromatic hydroxyl groups is 1. The van der Waals surface area contributed by atoms with Crippen LogP contribution in [0.3, 0.4) is 0 Å². The topological polar surface area (TPSA) is 78.3 Å². The second-order valence-corrected chi connectivity index (χ2v) is 8.11. The molecule has 5 heteroatoms. The average Bonchev–Trinajstić information content (AvgIpc) is 2.47. The molecular formula is C19H27N3O2. The summed E-state index contributed by atoms with van der Waals surface area (Å²) in [5.41, 5.74) is 2.78. The lowest BCUT2D eigenvalue weighted by Gasteiger charge is -2.28. The fourth-order valence-electron chi connectivity index (χ4n) is 2.51. The maximum absolute atomic E-state index is 10.7.